The lowest BCUT2D eigenvalue weighted by molar-refractivity contribution is 0.283. The van der Waals surface area contributed by atoms with Crippen LogP contribution in [0.1, 0.15) is 25.3 Å². The summed E-state index contributed by atoms with van der Waals surface area (Å²) in [7, 11) is 3.27. The van der Waals surface area contributed by atoms with Crippen LogP contribution in [-0.4, -0.2) is 30.4 Å². The first kappa shape index (κ1) is 24.1. The quantitative estimate of drug-likeness (QED) is 0.267. The van der Waals surface area contributed by atoms with Crippen molar-refractivity contribution in [3.8, 4) is 28.6 Å². The SMILES string of the molecule is CC=Cc1ccc(OCCCCn2c(-c3ccc(OC)cc3)nc3ccccc3c2=O)c(OC)c1. The van der Waals surface area contributed by atoms with Gasteiger partial charge in [-0.1, -0.05) is 30.4 Å². The van der Waals surface area contributed by atoms with Crippen LogP contribution in [0.25, 0.3) is 28.4 Å². The Labute approximate surface area is 205 Å². The van der Waals surface area contributed by atoms with Gasteiger partial charge in [0.05, 0.1) is 31.7 Å². The number of rotatable bonds is 10. The first-order valence-electron chi connectivity index (χ1n) is 11.7. The molecule has 0 spiro atoms. The summed E-state index contributed by atoms with van der Waals surface area (Å²) in [6.45, 7) is 3.04. The van der Waals surface area contributed by atoms with Gasteiger partial charge in [-0.25, -0.2) is 4.98 Å². The first-order valence-corrected chi connectivity index (χ1v) is 11.7. The van der Waals surface area contributed by atoms with Crippen LogP contribution >= 0.6 is 0 Å². The van der Waals surface area contributed by atoms with Crippen molar-refractivity contribution in [2.45, 2.75) is 26.3 Å². The molecule has 6 nitrogen and oxygen atoms in total. The van der Waals surface area contributed by atoms with Crippen molar-refractivity contribution in [1.82, 2.24) is 9.55 Å². The molecule has 35 heavy (non-hydrogen) atoms. The molecule has 0 aliphatic rings. The second kappa shape index (κ2) is 11.4. The van der Waals surface area contributed by atoms with Gasteiger partial charge < -0.3 is 14.2 Å². The highest BCUT2D eigenvalue weighted by atomic mass is 16.5. The van der Waals surface area contributed by atoms with E-state index in [2.05, 4.69) is 0 Å². The summed E-state index contributed by atoms with van der Waals surface area (Å²) in [6.07, 6.45) is 5.55. The largest absolute Gasteiger partial charge is 0.497 e. The number of hydrogen-bond donors (Lipinski definition) is 0. The molecule has 0 bridgehead atoms. The predicted molar refractivity (Wildman–Crippen MR) is 140 cm³/mol. The Balaban J connectivity index is 1.50. The van der Waals surface area contributed by atoms with Gasteiger partial charge in [-0.2, -0.15) is 0 Å². The van der Waals surface area contributed by atoms with E-state index in [0.717, 1.165) is 29.7 Å². The zero-order valence-corrected chi connectivity index (χ0v) is 20.4. The standard InChI is InChI=1S/C29H30N2O4/c1-4-9-21-12-17-26(27(20-21)34-3)35-19-8-7-18-31-28(22-13-15-23(33-2)16-14-22)30-25-11-6-5-10-24(25)29(31)32/h4-6,9-17,20H,7-8,18-19H2,1-3H3. The fraction of sp³-hybridized carbons (Fsp3) is 0.241. The fourth-order valence-corrected chi connectivity index (χ4v) is 3.99. The molecule has 0 aliphatic heterocycles. The molecule has 0 amide bonds. The highest BCUT2D eigenvalue weighted by Crippen LogP contribution is 2.29. The Morgan fingerprint density at radius 3 is 2.46 bits per heavy atom. The highest BCUT2D eigenvalue weighted by Gasteiger charge is 2.13. The normalized spacial score (nSPS) is 11.2. The van der Waals surface area contributed by atoms with E-state index < -0.39 is 0 Å². The maximum atomic E-state index is 13.3. The van der Waals surface area contributed by atoms with E-state index >= 15 is 0 Å². The van der Waals surface area contributed by atoms with Crippen molar-refractivity contribution in [1.29, 1.82) is 0 Å². The Morgan fingerprint density at radius 1 is 0.914 bits per heavy atom. The number of hydrogen-bond acceptors (Lipinski definition) is 5. The number of fused-ring (bicyclic) bond motifs is 1. The van der Waals surface area contributed by atoms with E-state index in [9.17, 15) is 4.79 Å². The molecule has 0 fully saturated rings. The maximum absolute atomic E-state index is 13.3. The molecule has 1 aromatic heterocycles. The molecule has 0 unspecified atom stereocenters. The molecule has 1 heterocycles. The monoisotopic (exact) mass is 470 g/mol. The summed E-state index contributed by atoms with van der Waals surface area (Å²) in [5.74, 6) is 2.83. The minimum absolute atomic E-state index is 0.0384. The summed E-state index contributed by atoms with van der Waals surface area (Å²) in [6, 6.07) is 21.0. The Morgan fingerprint density at radius 2 is 1.71 bits per heavy atom. The minimum atomic E-state index is -0.0384. The van der Waals surface area contributed by atoms with Gasteiger partial charge in [-0.15, -0.1) is 0 Å². The van der Waals surface area contributed by atoms with E-state index in [1.165, 1.54) is 0 Å². The highest BCUT2D eigenvalue weighted by molar-refractivity contribution is 5.79. The second-order valence-electron chi connectivity index (χ2n) is 8.10. The van der Waals surface area contributed by atoms with Crippen molar-refractivity contribution >= 4 is 17.0 Å². The lowest BCUT2D eigenvalue weighted by Crippen LogP contribution is -2.24. The number of nitrogens with zero attached hydrogens (tertiary/aromatic N) is 2. The number of benzene rings is 3. The van der Waals surface area contributed by atoms with Crippen molar-refractivity contribution < 1.29 is 14.2 Å². The van der Waals surface area contributed by atoms with Gasteiger partial charge in [0.2, 0.25) is 0 Å². The molecular formula is C29H30N2O4. The summed E-state index contributed by atoms with van der Waals surface area (Å²) in [5.41, 5.74) is 2.58. The molecule has 4 aromatic rings. The molecule has 0 radical (unpaired) electrons. The van der Waals surface area contributed by atoms with Crippen LogP contribution in [0.5, 0.6) is 17.2 Å². The van der Waals surface area contributed by atoms with E-state index in [0.29, 0.717) is 41.4 Å². The van der Waals surface area contributed by atoms with Gasteiger partial charge in [0.1, 0.15) is 11.6 Å². The van der Waals surface area contributed by atoms with E-state index in [-0.39, 0.29) is 5.56 Å². The summed E-state index contributed by atoms with van der Waals surface area (Å²) in [4.78, 5) is 18.2. The molecule has 0 atom stereocenters. The summed E-state index contributed by atoms with van der Waals surface area (Å²) in [5, 5.41) is 0.618. The molecule has 0 N–H and O–H groups in total. The smallest absolute Gasteiger partial charge is 0.261 e. The molecule has 6 heteroatoms. The topological polar surface area (TPSA) is 62.6 Å². The van der Waals surface area contributed by atoms with Crippen LogP contribution in [0.4, 0.5) is 0 Å². The zero-order valence-electron chi connectivity index (χ0n) is 20.4. The van der Waals surface area contributed by atoms with Gasteiger partial charge in [0.25, 0.3) is 5.56 Å². The van der Waals surface area contributed by atoms with E-state index in [4.69, 9.17) is 19.2 Å². The van der Waals surface area contributed by atoms with Crippen molar-refractivity contribution in [2.75, 3.05) is 20.8 Å². The van der Waals surface area contributed by atoms with Crippen molar-refractivity contribution in [3.05, 3.63) is 88.7 Å². The third-order valence-electron chi connectivity index (χ3n) is 5.79. The third-order valence-corrected chi connectivity index (χ3v) is 5.79. The minimum Gasteiger partial charge on any atom is -0.497 e. The van der Waals surface area contributed by atoms with Crippen LogP contribution in [0.3, 0.4) is 0 Å². The number of allylic oxidation sites excluding steroid dienone is 1. The molecule has 0 saturated heterocycles. The second-order valence-corrected chi connectivity index (χ2v) is 8.10. The lowest BCUT2D eigenvalue weighted by atomic mass is 10.1. The third kappa shape index (κ3) is 5.54. The van der Waals surface area contributed by atoms with Gasteiger partial charge in [-0.05, 0) is 73.9 Å². The van der Waals surface area contributed by atoms with Crippen LogP contribution in [0.2, 0.25) is 0 Å². The van der Waals surface area contributed by atoms with Gasteiger partial charge in [-0.3, -0.25) is 9.36 Å². The number of aromatic nitrogens is 2. The Hall–Kier alpha value is -4.06. The number of unbranched alkanes of at least 4 members (excludes halogenated alkanes) is 1. The molecular weight excluding hydrogens is 440 g/mol. The van der Waals surface area contributed by atoms with Gasteiger partial charge in [0, 0.05) is 12.1 Å². The number of ether oxygens (including phenoxy) is 3. The van der Waals surface area contributed by atoms with E-state index in [1.807, 2.05) is 85.8 Å². The van der Waals surface area contributed by atoms with Crippen LogP contribution in [-0.2, 0) is 6.54 Å². The fourth-order valence-electron chi connectivity index (χ4n) is 3.99. The Bertz CT molecular complexity index is 1370. The van der Waals surface area contributed by atoms with Crippen LogP contribution < -0.4 is 19.8 Å². The average molecular weight is 471 g/mol. The molecule has 0 saturated carbocycles. The summed E-state index contributed by atoms with van der Waals surface area (Å²) < 4.78 is 18.5. The van der Waals surface area contributed by atoms with Gasteiger partial charge in [0.15, 0.2) is 11.5 Å². The first-order chi connectivity index (χ1) is 17.1. The van der Waals surface area contributed by atoms with Crippen molar-refractivity contribution in [3.63, 3.8) is 0 Å². The zero-order chi connectivity index (χ0) is 24.6. The number of methoxy groups -OCH3 is 2. The maximum Gasteiger partial charge on any atom is 0.261 e. The van der Waals surface area contributed by atoms with Crippen LogP contribution in [0.15, 0.2) is 77.6 Å². The lowest BCUT2D eigenvalue weighted by Gasteiger charge is -2.15. The molecule has 4 rings (SSSR count). The van der Waals surface area contributed by atoms with E-state index in [1.54, 1.807) is 18.8 Å². The summed E-state index contributed by atoms with van der Waals surface area (Å²) >= 11 is 0. The van der Waals surface area contributed by atoms with Gasteiger partial charge >= 0.3 is 0 Å². The molecule has 180 valence electrons. The van der Waals surface area contributed by atoms with Crippen LogP contribution in [0, 0.1) is 0 Å². The number of para-hydroxylation sites is 1. The predicted octanol–water partition coefficient (Wildman–Crippen LogP) is 5.97. The average Bonchev–Trinajstić information content (AvgIpc) is 2.90. The molecule has 3 aromatic carbocycles. The van der Waals surface area contributed by atoms with Crippen molar-refractivity contribution in [2.24, 2.45) is 0 Å². The Kier molecular flexibility index (Phi) is 7.83. The molecule has 0 aliphatic carbocycles.